The van der Waals surface area contributed by atoms with E-state index in [1.807, 2.05) is 27.7 Å². The van der Waals surface area contributed by atoms with Gasteiger partial charge in [0.15, 0.2) is 6.23 Å². The first-order chi connectivity index (χ1) is 11.3. The number of aromatic amines is 1. The lowest BCUT2D eigenvalue weighted by Crippen LogP contribution is -2.47. The molecule has 2 saturated heterocycles. The lowest BCUT2D eigenvalue weighted by atomic mass is 9.99. The zero-order valence-electron chi connectivity index (χ0n) is 14.4. The number of hydrogen-bond donors (Lipinski definition) is 1. The van der Waals surface area contributed by atoms with Crippen molar-refractivity contribution >= 4 is 0 Å². The molecule has 1 aromatic heterocycles. The van der Waals surface area contributed by atoms with E-state index >= 15 is 0 Å². The van der Waals surface area contributed by atoms with Gasteiger partial charge >= 0.3 is 5.69 Å². The first-order valence-corrected chi connectivity index (χ1v) is 8.20. The summed E-state index contributed by atoms with van der Waals surface area (Å²) in [5.74, 6) is 0. The van der Waals surface area contributed by atoms with Crippen molar-refractivity contribution in [3.05, 3.63) is 33.1 Å². The summed E-state index contributed by atoms with van der Waals surface area (Å²) in [4.78, 5) is 25.6. The monoisotopic (exact) mass is 340 g/mol. The number of rotatable bonds is 6. The number of H-pyrrole nitrogens is 1. The van der Waals surface area contributed by atoms with Gasteiger partial charge in [0, 0.05) is 12.3 Å². The predicted octanol–water partition coefficient (Wildman–Crippen LogP) is 0.422. The fraction of sp³-hybridized carbons (Fsp3) is 0.750. The zero-order chi connectivity index (χ0) is 17.5. The Bertz CT molecular complexity index is 696. The van der Waals surface area contributed by atoms with E-state index in [1.165, 1.54) is 16.8 Å². The number of nitrogens with one attached hydrogen (secondary N) is 1. The second-order valence-electron chi connectivity index (χ2n) is 6.83. The van der Waals surface area contributed by atoms with Crippen molar-refractivity contribution in [2.24, 2.45) is 0 Å². The quantitative estimate of drug-likeness (QED) is 0.807. The van der Waals surface area contributed by atoms with E-state index in [0.29, 0.717) is 13.2 Å². The highest BCUT2D eigenvalue weighted by molar-refractivity contribution is 5.08. The van der Waals surface area contributed by atoms with Crippen LogP contribution in [-0.2, 0) is 18.9 Å². The Morgan fingerprint density at radius 2 is 2.08 bits per heavy atom. The minimum atomic E-state index is -0.764. The van der Waals surface area contributed by atoms with Crippen molar-refractivity contribution < 1.29 is 18.9 Å². The van der Waals surface area contributed by atoms with E-state index in [9.17, 15) is 9.59 Å². The van der Waals surface area contributed by atoms with Gasteiger partial charge in [-0.25, -0.2) is 4.79 Å². The van der Waals surface area contributed by atoms with Crippen molar-refractivity contribution in [3.8, 4) is 0 Å². The lowest BCUT2D eigenvalue weighted by Gasteiger charge is -2.32. The summed E-state index contributed by atoms with van der Waals surface area (Å²) >= 11 is 0. The van der Waals surface area contributed by atoms with Crippen molar-refractivity contribution in [2.75, 3.05) is 13.2 Å². The molecular weight excluding hydrogens is 316 g/mol. The lowest BCUT2D eigenvalue weighted by molar-refractivity contribution is -0.200. The Balaban J connectivity index is 1.92. The van der Waals surface area contributed by atoms with Gasteiger partial charge in [-0.3, -0.25) is 14.3 Å². The van der Waals surface area contributed by atoms with Gasteiger partial charge < -0.3 is 18.9 Å². The van der Waals surface area contributed by atoms with E-state index < -0.39 is 29.2 Å². The molecular formula is C16H24N2O6. The number of fused-ring (bicyclic) bond motifs is 2. The first-order valence-electron chi connectivity index (χ1n) is 8.20. The fourth-order valence-electron chi connectivity index (χ4n) is 3.15. The maximum Gasteiger partial charge on any atom is 0.330 e. The summed E-state index contributed by atoms with van der Waals surface area (Å²) in [6.07, 6.45) is -0.0161. The highest BCUT2D eigenvalue weighted by Gasteiger charge is 2.63. The highest BCUT2D eigenvalue weighted by atomic mass is 16.7. The number of nitrogens with zero attached hydrogens (tertiary/aromatic N) is 1. The molecule has 8 nitrogen and oxygen atoms in total. The maximum atomic E-state index is 12.1. The molecule has 2 fully saturated rings. The SMILES string of the molecule is CC(C)OC[C@]12CO[C@@H](C1OC(C)C)[C@H](n1ccc(=O)[nH]c1=O)O2. The summed E-state index contributed by atoms with van der Waals surface area (Å²) in [6.45, 7) is 8.43. The van der Waals surface area contributed by atoms with E-state index in [-0.39, 0.29) is 18.3 Å². The third-order valence-electron chi connectivity index (χ3n) is 4.18. The van der Waals surface area contributed by atoms with Crippen LogP contribution in [-0.4, -0.2) is 52.8 Å². The van der Waals surface area contributed by atoms with Crippen molar-refractivity contribution in [3.63, 3.8) is 0 Å². The standard InChI is InChI=1S/C16H24N2O6/c1-9(2)21-7-16-8-22-12(13(16)23-10(3)4)14(24-16)18-6-5-11(19)17-15(18)20/h5-6,9-10,12-14H,7-8H2,1-4H3,(H,17,19,20)/t12-,13?,14+,16-/m0/s1. The van der Waals surface area contributed by atoms with Crippen molar-refractivity contribution in [2.45, 2.75) is 63.9 Å². The predicted molar refractivity (Wildman–Crippen MR) is 85.0 cm³/mol. The third-order valence-corrected chi connectivity index (χ3v) is 4.18. The van der Waals surface area contributed by atoms with E-state index in [2.05, 4.69) is 4.98 Å². The summed E-state index contributed by atoms with van der Waals surface area (Å²) in [5, 5.41) is 0. The zero-order valence-corrected chi connectivity index (χ0v) is 14.4. The Kier molecular flexibility index (Phi) is 4.65. The molecule has 0 radical (unpaired) electrons. The Morgan fingerprint density at radius 1 is 1.33 bits per heavy atom. The highest BCUT2D eigenvalue weighted by Crippen LogP contribution is 2.46. The smallest absolute Gasteiger partial charge is 0.330 e. The Hall–Kier alpha value is -1.48. The maximum absolute atomic E-state index is 12.1. The molecule has 0 amide bonds. The molecule has 3 heterocycles. The second kappa shape index (κ2) is 6.44. The van der Waals surface area contributed by atoms with E-state index in [4.69, 9.17) is 18.9 Å². The van der Waals surface area contributed by atoms with Crippen LogP contribution in [0.15, 0.2) is 21.9 Å². The van der Waals surface area contributed by atoms with Crippen LogP contribution in [0.1, 0.15) is 33.9 Å². The van der Waals surface area contributed by atoms with Gasteiger partial charge in [-0.15, -0.1) is 0 Å². The van der Waals surface area contributed by atoms with Crippen molar-refractivity contribution in [1.82, 2.24) is 9.55 Å². The normalized spacial score (nSPS) is 32.2. The molecule has 0 aliphatic carbocycles. The molecule has 1 N–H and O–H groups in total. The molecule has 0 spiro atoms. The fourth-order valence-corrected chi connectivity index (χ4v) is 3.15. The number of aromatic nitrogens is 2. The van der Waals surface area contributed by atoms with Crippen LogP contribution in [0.2, 0.25) is 0 Å². The van der Waals surface area contributed by atoms with Crippen LogP contribution in [0, 0.1) is 0 Å². The summed E-state index contributed by atoms with van der Waals surface area (Å²) in [5.41, 5.74) is -1.75. The van der Waals surface area contributed by atoms with Crippen LogP contribution in [0.4, 0.5) is 0 Å². The summed E-state index contributed by atoms with van der Waals surface area (Å²) < 4.78 is 25.2. The molecule has 2 bridgehead atoms. The molecule has 0 aromatic carbocycles. The molecule has 3 rings (SSSR count). The molecule has 1 unspecified atom stereocenters. The second-order valence-corrected chi connectivity index (χ2v) is 6.83. The Labute approximate surface area is 139 Å². The van der Waals surface area contributed by atoms with Gasteiger partial charge in [-0.1, -0.05) is 0 Å². The van der Waals surface area contributed by atoms with E-state index in [0.717, 1.165) is 0 Å². The van der Waals surface area contributed by atoms with Gasteiger partial charge in [-0.05, 0) is 27.7 Å². The largest absolute Gasteiger partial charge is 0.376 e. The molecule has 2 aliphatic rings. The van der Waals surface area contributed by atoms with Gasteiger partial charge in [0.05, 0.1) is 25.4 Å². The minimum absolute atomic E-state index is 0.0210. The molecule has 0 saturated carbocycles. The molecule has 8 heteroatoms. The average Bonchev–Trinajstić information content (AvgIpc) is 2.97. The third kappa shape index (κ3) is 3.06. The van der Waals surface area contributed by atoms with Crippen LogP contribution >= 0.6 is 0 Å². The Morgan fingerprint density at radius 3 is 2.71 bits per heavy atom. The van der Waals surface area contributed by atoms with Gasteiger partial charge in [-0.2, -0.15) is 0 Å². The van der Waals surface area contributed by atoms with Crippen LogP contribution in [0.25, 0.3) is 0 Å². The molecule has 134 valence electrons. The van der Waals surface area contributed by atoms with Crippen LogP contribution in [0.5, 0.6) is 0 Å². The molecule has 4 atom stereocenters. The van der Waals surface area contributed by atoms with Gasteiger partial charge in [0.25, 0.3) is 5.56 Å². The average molecular weight is 340 g/mol. The number of hydrogen-bond acceptors (Lipinski definition) is 6. The van der Waals surface area contributed by atoms with Gasteiger partial charge in [0.1, 0.15) is 17.8 Å². The first kappa shape index (κ1) is 17.3. The van der Waals surface area contributed by atoms with Crippen LogP contribution in [0.3, 0.4) is 0 Å². The topological polar surface area (TPSA) is 91.8 Å². The molecule has 24 heavy (non-hydrogen) atoms. The minimum Gasteiger partial charge on any atom is -0.376 e. The summed E-state index contributed by atoms with van der Waals surface area (Å²) in [7, 11) is 0. The van der Waals surface area contributed by atoms with Crippen LogP contribution < -0.4 is 11.2 Å². The van der Waals surface area contributed by atoms with Gasteiger partial charge in [0.2, 0.25) is 0 Å². The number of ether oxygens (including phenoxy) is 4. The molecule has 2 aliphatic heterocycles. The van der Waals surface area contributed by atoms with Crippen molar-refractivity contribution in [1.29, 1.82) is 0 Å². The summed E-state index contributed by atoms with van der Waals surface area (Å²) in [6, 6.07) is 1.28. The molecule has 1 aromatic rings. The van der Waals surface area contributed by atoms with E-state index in [1.54, 1.807) is 0 Å².